The number of aryl methyl sites for hydroxylation is 1. The van der Waals surface area contributed by atoms with Crippen LogP contribution in [-0.2, 0) is 35.9 Å². The number of methoxy groups -OCH3 is 2. The quantitative estimate of drug-likeness (QED) is 0.0148. The van der Waals surface area contributed by atoms with Crippen molar-refractivity contribution in [2.24, 2.45) is 0 Å². The molecule has 0 amide bonds. The van der Waals surface area contributed by atoms with E-state index in [1.807, 2.05) is 78.9 Å². The van der Waals surface area contributed by atoms with Crippen molar-refractivity contribution < 1.29 is 42.9 Å². The van der Waals surface area contributed by atoms with Gasteiger partial charge < -0.3 is 28.4 Å². The number of esters is 2. The molecular formula is C47H51N3O12S2. The second kappa shape index (κ2) is 21.2. The molecule has 1 aliphatic rings. The molecule has 6 rings (SSSR count). The first-order valence-electron chi connectivity index (χ1n) is 20.5. The van der Waals surface area contributed by atoms with Crippen LogP contribution in [0.5, 0.6) is 17.2 Å². The Kier molecular flexibility index (Phi) is 15.8. The summed E-state index contributed by atoms with van der Waals surface area (Å²) in [7, 11) is 6.40. The number of hydrogen-bond donors (Lipinski definition) is 0. The monoisotopic (exact) mass is 913 g/mol. The molecule has 0 N–H and O–H groups in total. The Balaban J connectivity index is 1.32. The number of nitro groups is 1. The standard InChI is InChI=1S/C47H51N3O12S2/c1-31-29-49(45(54)48(44(31)53)26-27-63-64-46(2,3)4)41-28-39(62-43(52)25-24-42(51)60-38-22-16-35(17-23-38)50(55)56)40(61-41)30-59-47(32-10-8-7-9-11-32,33-12-18-36(57-5)19-13-33)34-14-20-37(58-6)21-15-34/h7-23,29,39-41H,24-28,30H2,1-6H3/t39-,40+,41+/m0/s1. The zero-order chi connectivity index (χ0) is 46.0. The van der Waals surface area contributed by atoms with Gasteiger partial charge in [-0.2, -0.15) is 0 Å². The number of carbonyl (C=O) groups is 2. The number of carbonyl (C=O) groups excluding carboxylic acids is 2. The topological polar surface area (TPSA) is 177 Å². The van der Waals surface area contributed by atoms with Crippen molar-refractivity contribution in [3.63, 3.8) is 0 Å². The van der Waals surface area contributed by atoms with Crippen molar-refractivity contribution in [1.82, 2.24) is 9.13 Å². The van der Waals surface area contributed by atoms with Crippen LogP contribution in [0.1, 0.15) is 68.5 Å². The molecule has 0 bridgehead atoms. The second-order valence-electron chi connectivity index (χ2n) is 15.9. The summed E-state index contributed by atoms with van der Waals surface area (Å²) in [5.74, 6) is 0.382. The first-order valence-corrected chi connectivity index (χ1v) is 22.9. The molecule has 0 aliphatic carbocycles. The van der Waals surface area contributed by atoms with Crippen LogP contribution >= 0.6 is 21.6 Å². The van der Waals surface area contributed by atoms with Crippen molar-refractivity contribution in [2.75, 3.05) is 26.6 Å². The molecule has 2 heterocycles. The zero-order valence-corrected chi connectivity index (χ0v) is 38.1. The molecule has 4 aromatic carbocycles. The van der Waals surface area contributed by atoms with E-state index in [4.69, 9.17) is 28.4 Å². The largest absolute Gasteiger partial charge is 0.497 e. The molecule has 15 nitrogen and oxygen atoms in total. The third-order valence-corrected chi connectivity index (χ3v) is 13.6. The van der Waals surface area contributed by atoms with Gasteiger partial charge in [0.05, 0.1) is 38.6 Å². The molecule has 17 heteroatoms. The molecule has 0 radical (unpaired) electrons. The molecule has 338 valence electrons. The highest BCUT2D eigenvalue weighted by molar-refractivity contribution is 8.77. The molecule has 1 aliphatic heterocycles. The normalized spacial score (nSPS) is 16.2. The van der Waals surface area contributed by atoms with Gasteiger partial charge in [0.25, 0.3) is 11.2 Å². The highest BCUT2D eigenvalue weighted by Gasteiger charge is 2.44. The number of aromatic nitrogens is 2. The Morgan fingerprint density at radius 3 is 1.94 bits per heavy atom. The molecule has 0 saturated carbocycles. The number of nitrogens with zero attached hydrogens (tertiary/aromatic N) is 3. The number of nitro benzene ring substituents is 1. The van der Waals surface area contributed by atoms with Gasteiger partial charge in [-0.1, -0.05) is 97.0 Å². The van der Waals surface area contributed by atoms with E-state index in [9.17, 15) is 29.3 Å². The fraction of sp³-hybridized carbons (Fsp3) is 0.362. The summed E-state index contributed by atoms with van der Waals surface area (Å²) in [6.45, 7) is 7.91. The summed E-state index contributed by atoms with van der Waals surface area (Å²) in [4.78, 5) is 64.2. The number of non-ortho nitro benzene ring substituents is 1. The zero-order valence-electron chi connectivity index (χ0n) is 36.4. The average Bonchev–Trinajstić information content (AvgIpc) is 3.69. The number of rotatable bonds is 19. The average molecular weight is 914 g/mol. The third-order valence-electron chi connectivity index (χ3n) is 10.3. The number of benzene rings is 4. The minimum Gasteiger partial charge on any atom is -0.497 e. The Hall–Kier alpha value is -5.88. The Morgan fingerprint density at radius 2 is 1.38 bits per heavy atom. The fourth-order valence-electron chi connectivity index (χ4n) is 7.19. The molecule has 0 spiro atoms. The second-order valence-corrected chi connectivity index (χ2v) is 19.2. The molecule has 1 fully saturated rings. The lowest BCUT2D eigenvalue weighted by Gasteiger charge is -2.37. The third kappa shape index (κ3) is 11.6. The van der Waals surface area contributed by atoms with Gasteiger partial charge in [0.2, 0.25) is 0 Å². The molecule has 1 saturated heterocycles. The summed E-state index contributed by atoms with van der Waals surface area (Å²) in [6.07, 6.45) is -2.14. The van der Waals surface area contributed by atoms with Crippen LogP contribution in [0.25, 0.3) is 0 Å². The molecule has 5 aromatic rings. The van der Waals surface area contributed by atoms with Gasteiger partial charge in [-0.15, -0.1) is 0 Å². The first-order chi connectivity index (χ1) is 30.6. The van der Waals surface area contributed by atoms with Crippen LogP contribution in [-0.4, -0.2) is 69.5 Å². The Morgan fingerprint density at radius 1 is 0.812 bits per heavy atom. The molecule has 3 atom stereocenters. The van der Waals surface area contributed by atoms with E-state index in [2.05, 4.69) is 20.8 Å². The summed E-state index contributed by atoms with van der Waals surface area (Å²) in [6, 6.07) is 29.6. The molecular weight excluding hydrogens is 863 g/mol. The van der Waals surface area contributed by atoms with Crippen LogP contribution < -0.4 is 25.5 Å². The summed E-state index contributed by atoms with van der Waals surface area (Å²) in [5.41, 5.74) is 0.203. The van der Waals surface area contributed by atoms with Gasteiger partial charge in [-0.25, -0.2) is 4.79 Å². The number of ether oxygens (including phenoxy) is 6. The molecule has 1 aromatic heterocycles. The van der Waals surface area contributed by atoms with E-state index in [0.29, 0.717) is 22.8 Å². The van der Waals surface area contributed by atoms with Crippen molar-refractivity contribution in [1.29, 1.82) is 0 Å². The summed E-state index contributed by atoms with van der Waals surface area (Å²) in [5, 5.41) is 11.0. The van der Waals surface area contributed by atoms with E-state index >= 15 is 0 Å². The van der Waals surface area contributed by atoms with Gasteiger partial charge in [0.15, 0.2) is 0 Å². The van der Waals surface area contributed by atoms with Gasteiger partial charge in [-0.3, -0.25) is 33.6 Å². The smallest absolute Gasteiger partial charge is 0.333 e. The first kappa shape index (κ1) is 47.6. The highest BCUT2D eigenvalue weighted by Crippen LogP contribution is 2.43. The maximum Gasteiger partial charge on any atom is 0.333 e. The maximum atomic E-state index is 14.1. The van der Waals surface area contributed by atoms with E-state index in [1.165, 1.54) is 39.6 Å². The fourth-order valence-corrected chi connectivity index (χ4v) is 9.41. The molecule has 64 heavy (non-hydrogen) atoms. The lowest BCUT2D eigenvalue weighted by atomic mass is 9.80. The summed E-state index contributed by atoms with van der Waals surface area (Å²) >= 11 is 0. The van der Waals surface area contributed by atoms with Gasteiger partial charge in [-0.05, 0) is 60.0 Å². The Labute approximate surface area is 378 Å². The van der Waals surface area contributed by atoms with Gasteiger partial charge in [0, 0.05) is 47.4 Å². The van der Waals surface area contributed by atoms with Crippen LogP contribution in [0.2, 0.25) is 0 Å². The van der Waals surface area contributed by atoms with Crippen LogP contribution in [0.15, 0.2) is 119 Å². The predicted molar refractivity (Wildman–Crippen MR) is 244 cm³/mol. The van der Waals surface area contributed by atoms with Crippen molar-refractivity contribution in [3.05, 3.63) is 163 Å². The minimum atomic E-state index is -1.26. The van der Waals surface area contributed by atoms with E-state index in [0.717, 1.165) is 16.7 Å². The van der Waals surface area contributed by atoms with Crippen LogP contribution in [0.4, 0.5) is 5.69 Å². The van der Waals surface area contributed by atoms with Crippen molar-refractivity contribution >= 4 is 39.2 Å². The lowest BCUT2D eigenvalue weighted by molar-refractivity contribution is -0.384. The van der Waals surface area contributed by atoms with E-state index in [1.54, 1.807) is 42.7 Å². The lowest BCUT2D eigenvalue weighted by Crippen LogP contribution is -2.42. The number of hydrogen-bond acceptors (Lipinski definition) is 14. The van der Waals surface area contributed by atoms with Gasteiger partial charge in [0.1, 0.15) is 41.3 Å². The maximum absolute atomic E-state index is 14.1. The van der Waals surface area contributed by atoms with E-state index in [-0.39, 0.29) is 48.6 Å². The van der Waals surface area contributed by atoms with E-state index < -0.39 is 52.1 Å². The van der Waals surface area contributed by atoms with Crippen LogP contribution in [0.3, 0.4) is 0 Å². The van der Waals surface area contributed by atoms with Crippen molar-refractivity contribution in [3.8, 4) is 17.2 Å². The highest BCUT2D eigenvalue weighted by atomic mass is 33.1. The molecule has 0 unspecified atom stereocenters. The Bertz CT molecular complexity index is 2460. The van der Waals surface area contributed by atoms with Crippen LogP contribution in [0, 0.1) is 17.0 Å². The SMILES string of the molecule is COc1ccc(C(OC[C@H]2O[C@@H](n3cc(C)c(=O)n(CCSSC(C)(C)C)c3=O)C[C@@H]2OC(=O)CCC(=O)Oc2ccc([N+](=O)[O-])cc2)(c2ccccc2)c2ccc(OC)cc2)cc1. The predicted octanol–water partition coefficient (Wildman–Crippen LogP) is 8.02. The minimum absolute atomic E-state index is 0.0165. The summed E-state index contributed by atoms with van der Waals surface area (Å²) < 4.78 is 38.6. The van der Waals surface area contributed by atoms with Crippen molar-refractivity contribution in [2.45, 2.75) is 82.3 Å². The van der Waals surface area contributed by atoms with Gasteiger partial charge >= 0.3 is 17.6 Å².